The summed E-state index contributed by atoms with van der Waals surface area (Å²) in [7, 11) is -3.08. The smallest absolute Gasteiger partial charge is 0.535 e. The van der Waals surface area contributed by atoms with Gasteiger partial charge in [-0.05, 0) is 102 Å². The number of hydrogen-bond acceptors (Lipinski definition) is 19. The molecule has 0 aliphatic heterocycles. The fourth-order valence-electron chi connectivity index (χ4n) is 8.24. The van der Waals surface area contributed by atoms with E-state index in [1.165, 1.54) is 92.0 Å². The number of hydrogen-bond donors (Lipinski definition) is 4. The van der Waals surface area contributed by atoms with Gasteiger partial charge in [0.2, 0.25) is 10.3 Å². The van der Waals surface area contributed by atoms with Crippen LogP contribution in [0, 0.1) is 11.6 Å². The average Bonchev–Trinajstić information content (AvgIpc) is 3.92. The first-order chi connectivity index (χ1) is 40.8. The van der Waals surface area contributed by atoms with Crippen LogP contribution in [0.4, 0.5) is 19.0 Å². The molecule has 0 saturated carbocycles. The maximum atomic E-state index is 13.8. The molecule has 4 heterocycles. The van der Waals surface area contributed by atoms with E-state index in [4.69, 9.17) is 58.7 Å². The third-order valence-electron chi connectivity index (χ3n) is 12.2. The van der Waals surface area contributed by atoms with E-state index in [0.717, 1.165) is 32.5 Å². The van der Waals surface area contributed by atoms with Gasteiger partial charge in [0.1, 0.15) is 45.6 Å². The third-order valence-corrected chi connectivity index (χ3v) is 17.8. The Labute approximate surface area is 504 Å². The molecule has 433 valence electrons. The number of nitrogens with zero attached hydrogens (tertiary/aromatic N) is 7. The van der Waals surface area contributed by atoms with E-state index in [1.54, 1.807) is 73.8 Å². The lowest BCUT2D eigenvalue weighted by Gasteiger charge is -2.21. The third kappa shape index (κ3) is 13.8. The average molecular weight is 1290 g/mol. The highest BCUT2D eigenvalue weighted by molar-refractivity contribution is 7.93. The highest BCUT2D eigenvalue weighted by Gasteiger charge is 2.29. The monoisotopic (exact) mass is 1290 g/mol. The molecule has 0 spiro atoms. The van der Waals surface area contributed by atoms with Crippen LogP contribution in [0.2, 0.25) is 15.2 Å². The Morgan fingerprint density at radius 3 is 1.81 bits per heavy atom. The first-order valence-electron chi connectivity index (χ1n) is 24.1. The summed E-state index contributed by atoms with van der Waals surface area (Å²) in [6.07, 6.45) is 0. The number of benzene rings is 7. The second-order valence-electron chi connectivity index (χ2n) is 17.3. The molecule has 4 aromatic heterocycles. The van der Waals surface area contributed by atoms with Crippen molar-refractivity contribution in [1.29, 1.82) is 0 Å². The van der Waals surface area contributed by atoms with E-state index < -0.39 is 37.0 Å². The number of rotatable bonds is 16. The van der Waals surface area contributed by atoms with E-state index in [1.807, 2.05) is 0 Å². The van der Waals surface area contributed by atoms with Gasteiger partial charge in [0.05, 0.1) is 53.5 Å². The lowest BCUT2D eigenvalue weighted by molar-refractivity contribution is 0.382. The standard InChI is InChI=1S/C23H15ClFN5O4S2.C18H14ClN5O4S2.C13H10BClFO3/c1-34-20-10-16(12-3-2-4-13(25)7-12)19(24)9-18(20)21-15-6-5-14(8-17(15)22(31)28-27-21)36(32,33)30-23-29-26-11-35-23;1-28-12-4-2-11(3-5-12)9-24(18-23-20-10-29-18)30(26,27)13-6-7-14-15(8-13)17(25)22-21-16(14)19;1-18-12-6-10(8-3-2-4-9(16)5-8)11(15)7-13(12)19-14-17/h2-11H,1H3,(H,28,31)(H,29,30);2-8,10H,9H2,1H3,(H,22,25);2-7,17H,1H3. The summed E-state index contributed by atoms with van der Waals surface area (Å²) in [6.45, 7) is 0.0208. The van der Waals surface area contributed by atoms with Crippen LogP contribution in [-0.2, 0) is 26.6 Å². The number of anilines is 2. The number of fused-ring (bicyclic) bond motifs is 2. The van der Waals surface area contributed by atoms with E-state index >= 15 is 0 Å². The van der Waals surface area contributed by atoms with Gasteiger partial charge in [-0.3, -0.25) is 14.3 Å². The van der Waals surface area contributed by atoms with Gasteiger partial charge in [0, 0.05) is 38.6 Å². The molecule has 0 amide bonds. The summed E-state index contributed by atoms with van der Waals surface area (Å²) >= 11 is 20.8. The summed E-state index contributed by atoms with van der Waals surface area (Å²) in [5, 5.41) is 38.1. The number of aromatic nitrogens is 8. The van der Waals surface area contributed by atoms with Gasteiger partial charge in [0.15, 0.2) is 10.9 Å². The number of sulfonamides is 2. The Morgan fingerprint density at radius 1 is 0.624 bits per heavy atom. The lowest BCUT2D eigenvalue weighted by atomic mass is 9.99. The van der Waals surface area contributed by atoms with E-state index in [0.29, 0.717) is 79.3 Å². The molecule has 0 aliphatic carbocycles. The van der Waals surface area contributed by atoms with Crippen molar-refractivity contribution in [3.63, 3.8) is 0 Å². The van der Waals surface area contributed by atoms with Crippen LogP contribution in [0.1, 0.15) is 5.56 Å². The van der Waals surface area contributed by atoms with Crippen LogP contribution >= 0.6 is 57.5 Å². The van der Waals surface area contributed by atoms with Crippen LogP contribution in [0.15, 0.2) is 164 Å². The quantitative estimate of drug-likeness (QED) is 0.0654. The van der Waals surface area contributed by atoms with Gasteiger partial charge in [-0.25, -0.2) is 40.1 Å². The summed E-state index contributed by atoms with van der Waals surface area (Å²) < 4.78 is 104. The molecule has 31 heteroatoms. The first-order valence-corrected chi connectivity index (χ1v) is 29.9. The second kappa shape index (κ2) is 26.5. The largest absolute Gasteiger partial charge is 0.569 e. The molecule has 4 N–H and O–H groups in total. The van der Waals surface area contributed by atoms with E-state index in [-0.39, 0.29) is 54.1 Å². The van der Waals surface area contributed by atoms with Crippen LogP contribution in [0.3, 0.4) is 0 Å². The maximum absolute atomic E-state index is 13.8. The van der Waals surface area contributed by atoms with Crippen LogP contribution in [-0.4, -0.2) is 91.7 Å². The topological polar surface area (TPSA) is 284 Å². The Balaban J connectivity index is 0.000000160. The minimum absolute atomic E-state index is 0.0208. The minimum atomic E-state index is -4.07. The zero-order valence-electron chi connectivity index (χ0n) is 43.8. The number of nitrogens with one attached hydrogen (secondary N) is 3. The van der Waals surface area contributed by atoms with Gasteiger partial charge >= 0.3 is 7.69 Å². The predicted molar refractivity (Wildman–Crippen MR) is 321 cm³/mol. The number of methoxy groups -OCH3 is 3. The van der Waals surface area contributed by atoms with Crippen molar-refractivity contribution >= 4 is 117 Å². The molecule has 21 nitrogen and oxygen atoms in total. The van der Waals surface area contributed by atoms with Gasteiger partial charge in [-0.2, -0.15) is 10.2 Å². The number of aromatic amines is 2. The predicted octanol–water partition coefficient (Wildman–Crippen LogP) is 10.6. The fraction of sp³-hybridized carbons (Fsp3) is 0.0741. The highest BCUT2D eigenvalue weighted by Crippen LogP contribution is 2.42. The molecule has 85 heavy (non-hydrogen) atoms. The van der Waals surface area contributed by atoms with Crippen LogP contribution in [0.25, 0.3) is 55.1 Å². The molecule has 1 radical (unpaired) electrons. The van der Waals surface area contributed by atoms with E-state index in [9.17, 15) is 35.2 Å². The molecule has 7 aromatic carbocycles. The van der Waals surface area contributed by atoms with Gasteiger partial charge < -0.3 is 23.9 Å². The zero-order valence-corrected chi connectivity index (χ0v) is 49.4. The van der Waals surface area contributed by atoms with Gasteiger partial charge in [-0.1, -0.05) is 99.9 Å². The Hall–Kier alpha value is -8.61. The highest BCUT2D eigenvalue weighted by atomic mass is 35.5. The van der Waals surface area contributed by atoms with Gasteiger partial charge in [0.25, 0.3) is 31.2 Å². The summed E-state index contributed by atoms with van der Waals surface area (Å²) in [4.78, 5) is 24.5. The van der Waals surface area contributed by atoms with Crippen molar-refractivity contribution in [2.75, 3.05) is 30.4 Å². The molecule has 11 aromatic rings. The fourth-order valence-corrected chi connectivity index (χ4v) is 12.9. The van der Waals surface area contributed by atoms with Crippen molar-refractivity contribution < 1.29 is 49.5 Å². The molecule has 0 aliphatic rings. The molecular formula is C54H39BCl3F2N10O11S4. The molecule has 0 fully saturated rings. The Kier molecular flexibility index (Phi) is 19.0. The lowest BCUT2D eigenvalue weighted by Crippen LogP contribution is -2.30. The van der Waals surface area contributed by atoms with Crippen molar-refractivity contribution in [2.24, 2.45) is 0 Å². The molecule has 11 rings (SSSR count). The zero-order chi connectivity index (χ0) is 60.6. The van der Waals surface area contributed by atoms with Crippen LogP contribution < -0.4 is 39.0 Å². The molecule has 0 bridgehead atoms. The first kappa shape index (κ1) is 61.0. The van der Waals surface area contributed by atoms with E-state index in [2.05, 4.69) is 45.5 Å². The summed E-state index contributed by atoms with van der Waals surface area (Å²) in [6, 6.07) is 33.6. The molecular weight excluding hydrogens is 1250 g/mol. The Morgan fingerprint density at radius 2 is 1.21 bits per heavy atom. The van der Waals surface area contributed by atoms with Crippen molar-refractivity contribution in [2.45, 2.75) is 16.3 Å². The van der Waals surface area contributed by atoms with Crippen molar-refractivity contribution in [3.8, 4) is 56.5 Å². The number of H-pyrrole nitrogens is 2. The molecule has 0 atom stereocenters. The normalized spacial score (nSPS) is 11.2. The second-order valence-corrected chi connectivity index (χ2v) is 23.7. The minimum Gasteiger partial charge on any atom is -0.535 e. The van der Waals surface area contributed by atoms with Crippen molar-refractivity contribution in [3.05, 3.63) is 198 Å². The summed E-state index contributed by atoms with van der Waals surface area (Å²) in [5.74, 6) is 0.921. The number of halogens is 5. The Bertz CT molecular complexity index is 4600. The van der Waals surface area contributed by atoms with Gasteiger partial charge in [-0.15, -0.1) is 20.4 Å². The maximum Gasteiger partial charge on any atom is 0.569 e. The molecule has 0 saturated heterocycles. The van der Waals surface area contributed by atoms with Crippen LogP contribution in [0.5, 0.6) is 23.0 Å². The molecule has 0 unspecified atom stereocenters. The summed E-state index contributed by atoms with van der Waals surface area (Å²) in [5.41, 5.74) is 5.55. The SMILES string of the molecule is COc1cc(-c2cccc(F)c2)c(Cl)cc1-c1n[nH]c(=O)c2cc(S(=O)(=O)Nc3nncs3)ccc12.COc1cc(-c2cccc(F)c2)c(Cl)cc1O[B]O.COc1ccc(CN(c2nncs2)S(=O)(=O)c2ccc3c(Cl)n[nH]c(=O)c3c2)cc1. The van der Waals surface area contributed by atoms with Crippen molar-refractivity contribution in [1.82, 2.24) is 40.8 Å². The number of ether oxygens (including phenoxy) is 3.